The van der Waals surface area contributed by atoms with Gasteiger partial charge in [0.2, 0.25) is 0 Å². The zero-order valence-corrected chi connectivity index (χ0v) is 6.38. The van der Waals surface area contributed by atoms with Crippen LogP contribution in [0.4, 0.5) is 0 Å². The van der Waals surface area contributed by atoms with E-state index < -0.39 is 0 Å². The topological polar surface area (TPSA) is 56.8 Å². The van der Waals surface area contributed by atoms with E-state index in [0.717, 1.165) is 0 Å². The average Bonchev–Trinajstić information content (AvgIpc) is 2.52. The van der Waals surface area contributed by atoms with Crippen LogP contribution < -0.4 is 5.73 Å². The van der Waals surface area contributed by atoms with Crippen molar-refractivity contribution in [2.24, 2.45) is 10.7 Å². The molecule has 0 amide bonds. The fourth-order valence-electron chi connectivity index (χ4n) is 0.748. The molecule has 0 atom stereocenters. The monoisotopic (exact) mass is 156 g/mol. The van der Waals surface area contributed by atoms with Gasteiger partial charge in [-0.05, 0) is 0 Å². The third-order valence-electron chi connectivity index (χ3n) is 1.22. The van der Waals surface area contributed by atoms with E-state index in [1.54, 1.807) is 0 Å². The quantitative estimate of drug-likeness (QED) is 0.578. The van der Waals surface area contributed by atoms with Crippen LogP contribution in [0.3, 0.4) is 0 Å². The van der Waals surface area contributed by atoms with Crippen molar-refractivity contribution in [2.45, 2.75) is 0 Å². The van der Waals surface area contributed by atoms with Gasteiger partial charge < -0.3 is 15.2 Å². The Bertz CT molecular complexity index is 177. The highest BCUT2D eigenvalue weighted by Gasteiger charge is 2.11. The SMILES string of the molecule is C=C(OCCN)C1=NCCO1. The second-order valence-electron chi connectivity index (χ2n) is 2.10. The molecule has 0 aromatic heterocycles. The predicted molar refractivity (Wildman–Crippen MR) is 42.4 cm³/mol. The summed E-state index contributed by atoms with van der Waals surface area (Å²) in [7, 11) is 0. The molecule has 1 rings (SSSR count). The van der Waals surface area contributed by atoms with Crippen molar-refractivity contribution in [1.29, 1.82) is 0 Å². The molecule has 0 aromatic rings. The van der Waals surface area contributed by atoms with Crippen LogP contribution in [0.25, 0.3) is 0 Å². The second-order valence-corrected chi connectivity index (χ2v) is 2.10. The lowest BCUT2D eigenvalue weighted by Crippen LogP contribution is -2.12. The summed E-state index contributed by atoms with van der Waals surface area (Å²) in [6, 6.07) is 0. The minimum absolute atomic E-state index is 0.460. The molecule has 11 heavy (non-hydrogen) atoms. The maximum Gasteiger partial charge on any atom is 0.251 e. The molecule has 0 fully saturated rings. The Morgan fingerprint density at radius 1 is 1.82 bits per heavy atom. The standard InChI is InChI=1S/C7H12N2O2/c1-6(10-4-2-8)7-9-3-5-11-7/h1-5,8H2. The molecule has 1 heterocycles. The van der Waals surface area contributed by atoms with Crippen LogP contribution in [-0.2, 0) is 9.47 Å². The number of nitrogens with zero attached hydrogens (tertiary/aromatic N) is 1. The first-order valence-electron chi connectivity index (χ1n) is 3.54. The molecule has 0 radical (unpaired) electrons. The van der Waals surface area contributed by atoms with Crippen LogP contribution in [0.15, 0.2) is 17.3 Å². The maximum absolute atomic E-state index is 5.23. The number of ether oxygens (including phenoxy) is 2. The van der Waals surface area contributed by atoms with Gasteiger partial charge in [-0.2, -0.15) is 0 Å². The molecule has 4 nitrogen and oxygen atoms in total. The van der Waals surface area contributed by atoms with Crippen LogP contribution in [-0.4, -0.2) is 32.2 Å². The van der Waals surface area contributed by atoms with Gasteiger partial charge in [0.05, 0.1) is 6.54 Å². The number of aliphatic imine (C=N–C) groups is 1. The Balaban J connectivity index is 2.29. The number of hydrogen-bond donors (Lipinski definition) is 1. The third-order valence-corrected chi connectivity index (χ3v) is 1.22. The van der Waals surface area contributed by atoms with Gasteiger partial charge in [-0.25, -0.2) is 4.99 Å². The average molecular weight is 156 g/mol. The van der Waals surface area contributed by atoms with Gasteiger partial charge in [0.15, 0.2) is 5.76 Å². The molecule has 0 aliphatic carbocycles. The number of rotatable bonds is 4. The van der Waals surface area contributed by atoms with E-state index in [1.807, 2.05) is 0 Å². The molecular formula is C7H12N2O2. The van der Waals surface area contributed by atoms with Crippen molar-refractivity contribution in [3.8, 4) is 0 Å². The van der Waals surface area contributed by atoms with Gasteiger partial charge in [0.1, 0.15) is 13.2 Å². The minimum atomic E-state index is 0.460. The van der Waals surface area contributed by atoms with E-state index in [2.05, 4.69) is 11.6 Å². The Morgan fingerprint density at radius 3 is 3.18 bits per heavy atom. The van der Waals surface area contributed by atoms with Crippen molar-refractivity contribution in [3.05, 3.63) is 12.3 Å². The highest BCUT2D eigenvalue weighted by Crippen LogP contribution is 2.04. The summed E-state index contributed by atoms with van der Waals surface area (Å²) in [6.07, 6.45) is 0. The molecule has 4 heteroatoms. The van der Waals surface area contributed by atoms with E-state index in [4.69, 9.17) is 15.2 Å². The number of hydrogen-bond acceptors (Lipinski definition) is 4. The lowest BCUT2D eigenvalue weighted by atomic mass is 10.5. The minimum Gasteiger partial charge on any atom is -0.487 e. The van der Waals surface area contributed by atoms with Crippen LogP contribution in [0.2, 0.25) is 0 Å². The van der Waals surface area contributed by atoms with E-state index in [-0.39, 0.29) is 0 Å². The summed E-state index contributed by atoms with van der Waals surface area (Å²) in [5.74, 6) is 0.992. The Hall–Kier alpha value is -1.03. The summed E-state index contributed by atoms with van der Waals surface area (Å²) in [5, 5.41) is 0. The second kappa shape index (κ2) is 3.98. The number of nitrogens with two attached hydrogens (primary N) is 1. The molecule has 62 valence electrons. The third kappa shape index (κ3) is 2.23. The molecular weight excluding hydrogens is 144 g/mol. The summed E-state index contributed by atoms with van der Waals surface area (Å²) in [5.41, 5.74) is 5.23. The first-order chi connectivity index (χ1) is 5.34. The zero-order valence-electron chi connectivity index (χ0n) is 6.38. The lowest BCUT2D eigenvalue weighted by Gasteiger charge is -2.06. The molecule has 2 N–H and O–H groups in total. The van der Waals surface area contributed by atoms with Crippen molar-refractivity contribution < 1.29 is 9.47 Å². The van der Waals surface area contributed by atoms with Gasteiger partial charge >= 0.3 is 0 Å². The summed E-state index contributed by atoms with van der Waals surface area (Å²) >= 11 is 0. The normalized spacial score (nSPS) is 15.5. The molecule has 0 bridgehead atoms. The fraction of sp³-hybridized carbons (Fsp3) is 0.571. The summed E-state index contributed by atoms with van der Waals surface area (Å²) < 4.78 is 10.2. The van der Waals surface area contributed by atoms with Crippen LogP contribution in [0.1, 0.15) is 0 Å². The highest BCUT2D eigenvalue weighted by molar-refractivity contribution is 5.91. The van der Waals surface area contributed by atoms with Crippen LogP contribution >= 0.6 is 0 Å². The molecule has 0 spiro atoms. The van der Waals surface area contributed by atoms with Crippen molar-refractivity contribution in [1.82, 2.24) is 0 Å². The van der Waals surface area contributed by atoms with Crippen molar-refractivity contribution >= 4 is 5.90 Å². The van der Waals surface area contributed by atoms with Gasteiger partial charge in [-0.1, -0.05) is 6.58 Å². The maximum atomic E-state index is 5.23. The molecule has 0 saturated carbocycles. The highest BCUT2D eigenvalue weighted by atomic mass is 16.5. The zero-order chi connectivity index (χ0) is 8.10. The first-order valence-corrected chi connectivity index (χ1v) is 3.54. The Labute approximate surface area is 65.7 Å². The predicted octanol–water partition coefficient (Wildman–Crippen LogP) is -0.0959. The first kappa shape index (κ1) is 8.07. The van der Waals surface area contributed by atoms with Gasteiger partial charge in [-0.15, -0.1) is 0 Å². The molecule has 1 aliphatic heterocycles. The van der Waals surface area contributed by atoms with Crippen molar-refractivity contribution in [3.63, 3.8) is 0 Å². The fourth-order valence-corrected chi connectivity index (χ4v) is 0.748. The summed E-state index contributed by atoms with van der Waals surface area (Å²) in [4.78, 5) is 4.02. The smallest absolute Gasteiger partial charge is 0.251 e. The van der Waals surface area contributed by atoms with Crippen LogP contribution in [0, 0.1) is 0 Å². The van der Waals surface area contributed by atoms with Crippen LogP contribution in [0.5, 0.6) is 0 Å². The molecule has 0 saturated heterocycles. The largest absolute Gasteiger partial charge is 0.487 e. The molecule has 0 aromatic carbocycles. The van der Waals surface area contributed by atoms with Gasteiger partial charge in [0.25, 0.3) is 5.90 Å². The molecule has 1 aliphatic rings. The van der Waals surface area contributed by atoms with Gasteiger partial charge in [-0.3, -0.25) is 0 Å². The van der Waals surface area contributed by atoms with E-state index in [0.29, 0.717) is 38.0 Å². The Morgan fingerprint density at radius 2 is 2.64 bits per heavy atom. The molecule has 0 unspecified atom stereocenters. The van der Waals surface area contributed by atoms with Crippen molar-refractivity contribution in [2.75, 3.05) is 26.3 Å². The van der Waals surface area contributed by atoms with E-state index in [9.17, 15) is 0 Å². The lowest BCUT2D eigenvalue weighted by molar-refractivity contribution is 0.223. The van der Waals surface area contributed by atoms with E-state index >= 15 is 0 Å². The Kier molecular flexibility index (Phi) is 2.92. The van der Waals surface area contributed by atoms with E-state index in [1.165, 1.54) is 0 Å². The summed E-state index contributed by atoms with van der Waals surface area (Å²) in [6.45, 7) is 5.90. The van der Waals surface area contributed by atoms with Gasteiger partial charge in [0, 0.05) is 6.54 Å².